The molecule has 2 aromatic rings. The number of fused-ring (bicyclic) bond motifs is 1. The third kappa shape index (κ3) is 2.35. The fraction of sp³-hybridized carbons (Fsp3) is 0.429. The molecule has 0 saturated carbocycles. The quantitative estimate of drug-likeness (QED) is 0.633. The van der Waals surface area contributed by atoms with E-state index < -0.39 is 0 Å². The van der Waals surface area contributed by atoms with Crippen LogP contribution in [0.15, 0.2) is 18.2 Å². The first-order valence-corrected chi connectivity index (χ1v) is 6.99. The lowest BCUT2D eigenvalue weighted by Crippen LogP contribution is -2.22. The molecular weight excluding hydrogens is 270 g/mol. The van der Waals surface area contributed by atoms with E-state index in [4.69, 9.17) is 0 Å². The van der Waals surface area contributed by atoms with Gasteiger partial charge in [-0.3, -0.25) is 10.1 Å². The van der Waals surface area contributed by atoms with Crippen molar-refractivity contribution in [3.05, 3.63) is 45.5 Å². The van der Waals surface area contributed by atoms with Crippen LogP contribution in [0.5, 0.6) is 0 Å². The van der Waals surface area contributed by atoms with E-state index in [1.807, 2.05) is 24.6 Å². The smallest absolute Gasteiger partial charge is 0.271 e. The van der Waals surface area contributed by atoms with Gasteiger partial charge in [0, 0.05) is 37.8 Å². The summed E-state index contributed by atoms with van der Waals surface area (Å²) >= 11 is 0. The number of nitrogens with zero attached hydrogens (tertiary/aromatic N) is 5. The fourth-order valence-corrected chi connectivity index (χ4v) is 2.73. The number of benzene rings is 1. The summed E-state index contributed by atoms with van der Waals surface area (Å²) in [5.41, 5.74) is 2.22. The topological polar surface area (TPSA) is 77.1 Å². The molecule has 0 N–H and O–H groups in total. The molecule has 1 aliphatic heterocycles. The van der Waals surface area contributed by atoms with Gasteiger partial charge in [0.25, 0.3) is 5.69 Å². The average molecular weight is 287 g/mol. The van der Waals surface area contributed by atoms with Crippen molar-refractivity contribution in [2.75, 3.05) is 11.4 Å². The molecule has 0 saturated heterocycles. The highest BCUT2D eigenvalue weighted by atomic mass is 16.6. The van der Waals surface area contributed by atoms with Crippen molar-refractivity contribution in [1.82, 2.24) is 14.8 Å². The van der Waals surface area contributed by atoms with Crippen LogP contribution in [0.3, 0.4) is 0 Å². The molecule has 0 amide bonds. The molecule has 2 heterocycles. The summed E-state index contributed by atoms with van der Waals surface area (Å²) in [4.78, 5) is 12.7. The Balaban J connectivity index is 1.88. The van der Waals surface area contributed by atoms with Gasteiger partial charge in [-0.25, -0.2) is 0 Å². The van der Waals surface area contributed by atoms with Crippen LogP contribution in [-0.2, 0) is 26.4 Å². The Morgan fingerprint density at radius 1 is 1.33 bits per heavy atom. The Morgan fingerprint density at radius 3 is 2.76 bits per heavy atom. The summed E-state index contributed by atoms with van der Waals surface area (Å²) in [5, 5.41) is 19.3. The lowest BCUT2D eigenvalue weighted by atomic mass is 10.1. The maximum Gasteiger partial charge on any atom is 0.271 e. The zero-order valence-corrected chi connectivity index (χ0v) is 12.1. The predicted molar refractivity (Wildman–Crippen MR) is 78.2 cm³/mol. The molecule has 0 radical (unpaired) electrons. The van der Waals surface area contributed by atoms with Crippen molar-refractivity contribution >= 4 is 11.4 Å². The van der Waals surface area contributed by atoms with E-state index in [9.17, 15) is 10.1 Å². The summed E-state index contributed by atoms with van der Waals surface area (Å²) < 4.78 is 2.00. The molecule has 1 aliphatic rings. The van der Waals surface area contributed by atoms with Crippen LogP contribution in [0, 0.1) is 10.1 Å². The maximum atomic E-state index is 10.9. The fourth-order valence-electron chi connectivity index (χ4n) is 2.73. The van der Waals surface area contributed by atoms with E-state index in [-0.39, 0.29) is 10.6 Å². The van der Waals surface area contributed by atoms with E-state index in [0.717, 1.165) is 42.3 Å². The van der Waals surface area contributed by atoms with Gasteiger partial charge >= 0.3 is 0 Å². The molecule has 7 heteroatoms. The Hall–Kier alpha value is -2.44. The Kier molecular flexibility index (Phi) is 3.32. The SMILES string of the molecule is CCc1nnc(CN2CCc3ccc([N+](=O)[O-])cc32)n1C. The first kappa shape index (κ1) is 13.5. The minimum Gasteiger partial charge on any atom is -0.363 e. The van der Waals surface area contributed by atoms with Crippen LogP contribution in [0.1, 0.15) is 24.1 Å². The van der Waals surface area contributed by atoms with Crippen molar-refractivity contribution in [3.8, 4) is 0 Å². The van der Waals surface area contributed by atoms with Gasteiger partial charge in [0.1, 0.15) is 5.82 Å². The maximum absolute atomic E-state index is 10.9. The third-order valence-corrected chi connectivity index (χ3v) is 3.98. The van der Waals surface area contributed by atoms with E-state index >= 15 is 0 Å². The molecule has 1 aromatic carbocycles. The second-order valence-corrected chi connectivity index (χ2v) is 5.19. The van der Waals surface area contributed by atoms with E-state index in [1.54, 1.807) is 12.1 Å². The van der Waals surface area contributed by atoms with Crippen molar-refractivity contribution in [2.24, 2.45) is 7.05 Å². The van der Waals surface area contributed by atoms with Gasteiger partial charge in [-0.2, -0.15) is 0 Å². The predicted octanol–water partition coefficient (Wildman–Crippen LogP) is 1.85. The van der Waals surface area contributed by atoms with E-state index in [0.29, 0.717) is 6.54 Å². The highest BCUT2D eigenvalue weighted by Crippen LogP contribution is 2.32. The highest BCUT2D eigenvalue weighted by Gasteiger charge is 2.23. The summed E-state index contributed by atoms with van der Waals surface area (Å²) in [5.74, 6) is 1.83. The summed E-state index contributed by atoms with van der Waals surface area (Å²) in [6.07, 6.45) is 1.75. The molecule has 0 bridgehead atoms. The lowest BCUT2D eigenvalue weighted by Gasteiger charge is -2.18. The Labute approximate surface area is 122 Å². The molecule has 0 unspecified atom stereocenters. The summed E-state index contributed by atoms with van der Waals surface area (Å²) in [6, 6.07) is 5.07. The van der Waals surface area contributed by atoms with Crippen molar-refractivity contribution in [3.63, 3.8) is 0 Å². The van der Waals surface area contributed by atoms with E-state index in [1.165, 1.54) is 0 Å². The molecule has 0 aliphatic carbocycles. The van der Waals surface area contributed by atoms with Crippen LogP contribution in [-0.4, -0.2) is 26.2 Å². The van der Waals surface area contributed by atoms with Gasteiger partial charge < -0.3 is 9.47 Å². The molecule has 7 nitrogen and oxygen atoms in total. The number of non-ortho nitro benzene ring substituents is 1. The number of nitro benzene ring substituents is 1. The van der Waals surface area contributed by atoms with Gasteiger partial charge in [-0.1, -0.05) is 13.0 Å². The monoisotopic (exact) mass is 287 g/mol. The second kappa shape index (κ2) is 5.16. The van der Waals surface area contributed by atoms with Crippen LogP contribution >= 0.6 is 0 Å². The number of hydrogen-bond acceptors (Lipinski definition) is 5. The van der Waals surface area contributed by atoms with Gasteiger partial charge in [0.2, 0.25) is 0 Å². The Morgan fingerprint density at radius 2 is 2.10 bits per heavy atom. The van der Waals surface area contributed by atoms with Crippen molar-refractivity contribution in [1.29, 1.82) is 0 Å². The number of anilines is 1. The standard InChI is InChI=1S/C14H17N5O2/c1-3-13-15-16-14(17(13)2)9-18-7-6-10-4-5-11(19(20)21)8-12(10)18/h4-5,8H,3,6-7,9H2,1-2H3. The summed E-state index contributed by atoms with van der Waals surface area (Å²) in [7, 11) is 1.96. The average Bonchev–Trinajstić information content (AvgIpc) is 3.03. The van der Waals surface area contributed by atoms with Gasteiger partial charge in [-0.15, -0.1) is 10.2 Å². The number of rotatable bonds is 4. The lowest BCUT2D eigenvalue weighted by molar-refractivity contribution is -0.384. The van der Waals surface area contributed by atoms with Crippen LogP contribution in [0.4, 0.5) is 11.4 Å². The molecule has 0 spiro atoms. The molecule has 3 rings (SSSR count). The second-order valence-electron chi connectivity index (χ2n) is 5.19. The van der Waals surface area contributed by atoms with Gasteiger partial charge in [0.05, 0.1) is 11.5 Å². The van der Waals surface area contributed by atoms with Gasteiger partial charge in [-0.05, 0) is 12.0 Å². The van der Waals surface area contributed by atoms with Crippen LogP contribution in [0.25, 0.3) is 0 Å². The first-order valence-electron chi connectivity index (χ1n) is 6.99. The number of aryl methyl sites for hydroxylation is 1. The van der Waals surface area contributed by atoms with Gasteiger partial charge in [0.15, 0.2) is 5.82 Å². The Bertz CT molecular complexity index is 695. The molecule has 110 valence electrons. The number of nitro groups is 1. The van der Waals surface area contributed by atoms with Crippen molar-refractivity contribution in [2.45, 2.75) is 26.3 Å². The molecule has 21 heavy (non-hydrogen) atoms. The third-order valence-electron chi connectivity index (χ3n) is 3.98. The number of aromatic nitrogens is 3. The normalized spacial score (nSPS) is 13.5. The highest BCUT2D eigenvalue weighted by molar-refractivity contribution is 5.62. The van der Waals surface area contributed by atoms with Crippen LogP contribution < -0.4 is 4.90 Å². The molecule has 0 atom stereocenters. The molecular formula is C14H17N5O2. The van der Waals surface area contributed by atoms with E-state index in [2.05, 4.69) is 15.1 Å². The minimum absolute atomic E-state index is 0.132. The largest absolute Gasteiger partial charge is 0.363 e. The first-order chi connectivity index (χ1) is 10.1. The van der Waals surface area contributed by atoms with Crippen molar-refractivity contribution < 1.29 is 4.92 Å². The molecule has 1 aromatic heterocycles. The zero-order chi connectivity index (χ0) is 15.0. The minimum atomic E-state index is -0.353. The molecule has 0 fully saturated rings. The summed E-state index contributed by atoms with van der Waals surface area (Å²) in [6.45, 7) is 3.52. The van der Waals surface area contributed by atoms with Crippen LogP contribution in [0.2, 0.25) is 0 Å². The zero-order valence-electron chi connectivity index (χ0n) is 12.1. The number of hydrogen-bond donors (Lipinski definition) is 0.